The van der Waals surface area contributed by atoms with Gasteiger partial charge in [-0.15, -0.1) is 11.3 Å². The van der Waals surface area contributed by atoms with Gasteiger partial charge in [-0.1, -0.05) is 6.07 Å². The van der Waals surface area contributed by atoms with E-state index in [0.29, 0.717) is 16.3 Å². The van der Waals surface area contributed by atoms with Gasteiger partial charge in [0.05, 0.1) is 17.2 Å². The van der Waals surface area contributed by atoms with Crippen LogP contribution in [0.2, 0.25) is 0 Å². The van der Waals surface area contributed by atoms with Gasteiger partial charge in [-0.2, -0.15) is 5.10 Å². The van der Waals surface area contributed by atoms with Crippen LogP contribution in [0.4, 0.5) is 19.6 Å². The van der Waals surface area contributed by atoms with E-state index in [1.54, 1.807) is 17.2 Å². The van der Waals surface area contributed by atoms with E-state index in [-0.39, 0.29) is 0 Å². The van der Waals surface area contributed by atoms with Gasteiger partial charge in [0.15, 0.2) is 5.13 Å². The molecule has 0 saturated heterocycles. The zero-order valence-corrected chi connectivity index (χ0v) is 19.3. The first kappa shape index (κ1) is 21.2. The number of nitrogens with one attached hydrogen (secondary N) is 1. The summed E-state index contributed by atoms with van der Waals surface area (Å²) in [5, 5.41) is 10.1. The van der Waals surface area contributed by atoms with Gasteiger partial charge in [0, 0.05) is 53.4 Å². The predicted molar refractivity (Wildman–Crippen MR) is 134 cm³/mol. The summed E-state index contributed by atoms with van der Waals surface area (Å²) in [6.07, 6.45) is 7.22. The van der Waals surface area contributed by atoms with Gasteiger partial charge in [0.25, 0.3) is 0 Å². The average Bonchev–Trinajstić information content (AvgIpc) is 3.59. The maximum atomic E-state index is 14.7. The number of aromatic nitrogens is 5. The summed E-state index contributed by atoms with van der Waals surface area (Å²) in [5.74, 6) is -1.24. The van der Waals surface area contributed by atoms with Crippen LogP contribution in [0.15, 0.2) is 84.9 Å². The molecule has 172 valence electrons. The third kappa shape index (κ3) is 4.06. The van der Waals surface area contributed by atoms with Crippen molar-refractivity contribution < 1.29 is 8.78 Å². The van der Waals surface area contributed by atoms with E-state index < -0.39 is 11.6 Å². The highest BCUT2D eigenvalue weighted by Crippen LogP contribution is 2.33. The van der Waals surface area contributed by atoms with Crippen molar-refractivity contribution in [3.63, 3.8) is 0 Å². The average molecular weight is 485 g/mol. The first-order chi connectivity index (χ1) is 17.0. The summed E-state index contributed by atoms with van der Waals surface area (Å²) in [6.45, 7) is 0. The maximum absolute atomic E-state index is 14.7. The molecule has 0 atom stereocenters. The predicted octanol–water partition coefficient (Wildman–Crippen LogP) is 6.57. The minimum absolute atomic E-state index is 0.304. The largest absolute Gasteiger partial charge is 0.331 e. The van der Waals surface area contributed by atoms with Crippen LogP contribution < -0.4 is 5.32 Å². The van der Waals surface area contributed by atoms with Crippen molar-refractivity contribution in [3.05, 3.63) is 96.5 Å². The summed E-state index contributed by atoms with van der Waals surface area (Å²) in [7, 11) is 1.88. The Bertz CT molecular complexity index is 1670. The number of benzene rings is 3. The molecule has 6 rings (SSSR count). The van der Waals surface area contributed by atoms with Crippen molar-refractivity contribution >= 4 is 33.2 Å². The Balaban J connectivity index is 1.48. The Hall–Kier alpha value is -4.37. The standard InChI is InChI=1S/C26H18F2N6S/c1-33-14-18(13-31-33)16-2-5-25-24(10-16)30-15-34(25)21-9-17(22-4-3-19(27)11-23(22)28)8-20(12-21)32-26-29-6-7-35-26/h2-15H,1H3,(H,29,32). The molecule has 3 aromatic heterocycles. The van der Waals surface area contributed by atoms with Crippen molar-refractivity contribution in [1.82, 2.24) is 24.3 Å². The number of rotatable bonds is 5. The molecule has 3 heterocycles. The lowest BCUT2D eigenvalue weighted by Crippen LogP contribution is -1.97. The van der Waals surface area contributed by atoms with Gasteiger partial charge >= 0.3 is 0 Å². The second-order valence-electron chi connectivity index (χ2n) is 8.08. The number of imidazole rings is 1. The fraction of sp³-hybridized carbons (Fsp3) is 0.0385. The van der Waals surface area contributed by atoms with Gasteiger partial charge in [0.2, 0.25) is 0 Å². The minimum Gasteiger partial charge on any atom is -0.331 e. The molecule has 0 unspecified atom stereocenters. The molecule has 0 fully saturated rings. The number of hydrogen-bond acceptors (Lipinski definition) is 5. The number of fused-ring (bicyclic) bond motifs is 1. The maximum Gasteiger partial charge on any atom is 0.187 e. The molecule has 9 heteroatoms. The SMILES string of the molecule is Cn1cc(-c2ccc3c(c2)ncn3-c2cc(Nc3nccs3)cc(-c3ccc(F)cc3F)c2)cn1. The normalized spacial score (nSPS) is 11.3. The number of hydrogen-bond donors (Lipinski definition) is 1. The Labute approximate surface area is 203 Å². The summed E-state index contributed by atoms with van der Waals surface area (Å²) in [6, 6.07) is 15.3. The topological polar surface area (TPSA) is 60.6 Å². The quantitative estimate of drug-likeness (QED) is 0.301. The zero-order chi connectivity index (χ0) is 23.9. The van der Waals surface area contributed by atoms with Gasteiger partial charge in [0.1, 0.15) is 18.0 Å². The van der Waals surface area contributed by atoms with Gasteiger partial charge in [-0.3, -0.25) is 9.25 Å². The molecule has 0 spiro atoms. The molecule has 0 radical (unpaired) electrons. The van der Waals surface area contributed by atoms with Crippen LogP contribution in [0, 0.1) is 11.6 Å². The van der Waals surface area contributed by atoms with E-state index in [4.69, 9.17) is 0 Å². The number of thiazole rings is 1. The summed E-state index contributed by atoms with van der Waals surface area (Å²) < 4.78 is 31.9. The molecular weight excluding hydrogens is 466 g/mol. The molecule has 1 N–H and O–H groups in total. The molecule has 0 aliphatic heterocycles. The second-order valence-corrected chi connectivity index (χ2v) is 8.97. The fourth-order valence-corrected chi connectivity index (χ4v) is 4.63. The molecule has 0 aliphatic rings. The van der Waals surface area contributed by atoms with Crippen LogP contribution in [0.5, 0.6) is 0 Å². The van der Waals surface area contributed by atoms with Crippen LogP contribution in [-0.4, -0.2) is 24.3 Å². The molecule has 6 aromatic rings. The molecule has 0 aliphatic carbocycles. The summed E-state index contributed by atoms with van der Waals surface area (Å²) in [5.41, 5.74) is 6.16. The Morgan fingerprint density at radius 2 is 1.83 bits per heavy atom. The van der Waals surface area contributed by atoms with Crippen LogP contribution >= 0.6 is 11.3 Å². The van der Waals surface area contributed by atoms with Gasteiger partial charge in [-0.05, 0) is 53.6 Å². The highest BCUT2D eigenvalue weighted by Gasteiger charge is 2.13. The lowest BCUT2D eigenvalue weighted by molar-refractivity contribution is 0.585. The Kier molecular flexibility index (Phi) is 5.11. The summed E-state index contributed by atoms with van der Waals surface area (Å²) >= 11 is 1.46. The molecule has 0 amide bonds. The smallest absolute Gasteiger partial charge is 0.187 e. The monoisotopic (exact) mass is 484 g/mol. The minimum atomic E-state index is -0.626. The first-order valence-corrected chi connectivity index (χ1v) is 11.6. The highest BCUT2D eigenvalue weighted by molar-refractivity contribution is 7.13. The molecule has 3 aromatic carbocycles. The Morgan fingerprint density at radius 3 is 2.60 bits per heavy atom. The molecule has 0 saturated carbocycles. The first-order valence-electron chi connectivity index (χ1n) is 10.8. The second kappa shape index (κ2) is 8.44. The Morgan fingerprint density at radius 1 is 0.914 bits per heavy atom. The van der Waals surface area contributed by atoms with Crippen LogP contribution in [0.1, 0.15) is 0 Å². The van der Waals surface area contributed by atoms with Crippen molar-refractivity contribution in [2.24, 2.45) is 7.05 Å². The van der Waals surface area contributed by atoms with Gasteiger partial charge < -0.3 is 5.32 Å². The van der Waals surface area contributed by atoms with Crippen molar-refractivity contribution in [1.29, 1.82) is 0 Å². The third-order valence-corrected chi connectivity index (χ3v) is 6.40. The molecule has 0 bridgehead atoms. The fourth-order valence-electron chi connectivity index (χ4n) is 4.08. The van der Waals surface area contributed by atoms with Crippen LogP contribution in [-0.2, 0) is 7.05 Å². The third-order valence-electron chi connectivity index (χ3n) is 5.71. The van der Waals surface area contributed by atoms with Crippen LogP contribution in [0.25, 0.3) is 39.0 Å². The molecule has 6 nitrogen and oxygen atoms in total. The molecular formula is C26H18F2N6S. The van der Waals surface area contributed by atoms with Crippen molar-refractivity contribution in [3.8, 4) is 27.9 Å². The van der Waals surface area contributed by atoms with Gasteiger partial charge in [-0.25, -0.2) is 18.7 Å². The lowest BCUT2D eigenvalue weighted by atomic mass is 10.0. The van der Waals surface area contributed by atoms with Crippen molar-refractivity contribution in [2.45, 2.75) is 0 Å². The van der Waals surface area contributed by atoms with E-state index in [2.05, 4.69) is 20.4 Å². The lowest BCUT2D eigenvalue weighted by Gasteiger charge is -2.13. The van der Waals surface area contributed by atoms with Crippen molar-refractivity contribution in [2.75, 3.05) is 5.32 Å². The number of nitrogens with zero attached hydrogens (tertiary/aromatic N) is 5. The van der Waals surface area contributed by atoms with E-state index in [9.17, 15) is 8.78 Å². The van der Waals surface area contributed by atoms with E-state index in [1.807, 2.05) is 65.8 Å². The molecule has 35 heavy (non-hydrogen) atoms. The van der Waals surface area contributed by atoms with E-state index in [1.165, 1.54) is 23.5 Å². The van der Waals surface area contributed by atoms with E-state index >= 15 is 0 Å². The van der Waals surface area contributed by atoms with E-state index in [0.717, 1.165) is 39.6 Å². The highest BCUT2D eigenvalue weighted by atomic mass is 32.1. The number of halogens is 2. The van der Waals surface area contributed by atoms with Crippen LogP contribution in [0.3, 0.4) is 0 Å². The number of anilines is 2. The summed E-state index contributed by atoms with van der Waals surface area (Å²) in [4.78, 5) is 8.89. The number of aryl methyl sites for hydroxylation is 1. The zero-order valence-electron chi connectivity index (χ0n) is 18.5.